The van der Waals surface area contributed by atoms with Crippen LogP contribution in [0.4, 0.5) is 0 Å². The van der Waals surface area contributed by atoms with Crippen molar-refractivity contribution in [1.29, 1.82) is 0 Å². The molecule has 0 saturated heterocycles. The SMILES string of the molecule is Cc1cc(Cc2cc(C(C)(C)C)c(O)c(C(C)(C)C)c2)c(O)c(-n2nc3ccccc3n2)c1. The van der Waals surface area contributed by atoms with Crippen LogP contribution < -0.4 is 0 Å². The second-order valence-corrected chi connectivity index (χ2v) is 11.0. The molecular weight excluding hydrogens is 410 g/mol. The van der Waals surface area contributed by atoms with Gasteiger partial charge in [0.05, 0.1) is 0 Å². The molecule has 0 amide bonds. The van der Waals surface area contributed by atoms with Crippen molar-refractivity contribution in [3.63, 3.8) is 0 Å². The van der Waals surface area contributed by atoms with Gasteiger partial charge in [-0.25, -0.2) is 0 Å². The summed E-state index contributed by atoms with van der Waals surface area (Å²) < 4.78 is 0. The highest BCUT2D eigenvalue weighted by Crippen LogP contribution is 2.41. The first-order valence-corrected chi connectivity index (χ1v) is 11.4. The zero-order chi connectivity index (χ0) is 24.1. The second-order valence-electron chi connectivity index (χ2n) is 11.0. The number of fused-ring (bicyclic) bond motifs is 1. The van der Waals surface area contributed by atoms with E-state index in [2.05, 4.69) is 63.9 Å². The Kier molecular flexibility index (Phi) is 5.47. The van der Waals surface area contributed by atoms with Gasteiger partial charge in [-0.2, -0.15) is 0 Å². The number of phenols is 2. The number of phenolic OH excluding ortho intramolecular Hbond substituents is 2. The topological polar surface area (TPSA) is 71.2 Å². The second kappa shape index (κ2) is 7.91. The predicted octanol–water partition coefficient (Wildman–Crippen LogP) is 6.33. The zero-order valence-corrected chi connectivity index (χ0v) is 20.6. The summed E-state index contributed by atoms with van der Waals surface area (Å²) in [5.74, 6) is 0.531. The monoisotopic (exact) mass is 443 g/mol. The van der Waals surface area contributed by atoms with Gasteiger partial charge in [-0.1, -0.05) is 71.9 Å². The number of aromatic hydroxyl groups is 2. The maximum atomic E-state index is 11.2. The highest BCUT2D eigenvalue weighted by atomic mass is 16.3. The van der Waals surface area contributed by atoms with Crippen LogP contribution in [0.15, 0.2) is 48.5 Å². The highest BCUT2D eigenvalue weighted by molar-refractivity contribution is 5.73. The molecule has 3 aromatic carbocycles. The molecule has 0 spiro atoms. The molecule has 172 valence electrons. The van der Waals surface area contributed by atoms with Gasteiger partial charge in [0.2, 0.25) is 0 Å². The normalized spacial score (nSPS) is 12.5. The van der Waals surface area contributed by atoms with E-state index in [-0.39, 0.29) is 16.6 Å². The molecule has 1 heterocycles. The van der Waals surface area contributed by atoms with Gasteiger partial charge in [0.15, 0.2) is 0 Å². The molecule has 0 saturated carbocycles. The van der Waals surface area contributed by atoms with E-state index in [1.807, 2.05) is 43.3 Å². The Morgan fingerprint density at radius 1 is 0.758 bits per heavy atom. The van der Waals surface area contributed by atoms with Gasteiger partial charge in [-0.05, 0) is 58.2 Å². The molecule has 0 aliphatic carbocycles. The maximum Gasteiger partial charge on any atom is 0.146 e. The number of hydrogen-bond donors (Lipinski definition) is 2. The Bertz CT molecular complexity index is 1270. The zero-order valence-electron chi connectivity index (χ0n) is 20.6. The molecule has 0 fully saturated rings. The molecule has 4 aromatic rings. The van der Waals surface area contributed by atoms with Crippen molar-refractivity contribution in [2.45, 2.75) is 65.7 Å². The lowest BCUT2D eigenvalue weighted by Gasteiger charge is -2.28. The fraction of sp³-hybridized carbons (Fsp3) is 0.357. The van der Waals surface area contributed by atoms with Crippen LogP contribution in [0.3, 0.4) is 0 Å². The molecule has 5 heteroatoms. The molecule has 5 nitrogen and oxygen atoms in total. The maximum absolute atomic E-state index is 11.2. The molecule has 0 radical (unpaired) electrons. The van der Waals surface area contributed by atoms with Gasteiger partial charge in [0, 0.05) is 12.0 Å². The van der Waals surface area contributed by atoms with E-state index in [0.29, 0.717) is 17.9 Å². The third-order valence-electron chi connectivity index (χ3n) is 6.00. The van der Waals surface area contributed by atoms with Crippen molar-refractivity contribution >= 4 is 11.0 Å². The summed E-state index contributed by atoms with van der Waals surface area (Å²) in [7, 11) is 0. The molecule has 0 aliphatic heterocycles. The Morgan fingerprint density at radius 2 is 1.27 bits per heavy atom. The van der Waals surface area contributed by atoms with Crippen LogP contribution in [0.2, 0.25) is 0 Å². The third-order valence-corrected chi connectivity index (χ3v) is 6.00. The molecule has 2 N–H and O–H groups in total. The number of benzene rings is 3. The molecule has 4 rings (SSSR count). The van der Waals surface area contributed by atoms with Gasteiger partial charge in [-0.15, -0.1) is 15.0 Å². The van der Waals surface area contributed by atoms with E-state index in [1.54, 1.807) is 0 Å². The standard InChI is InChI=1S/C28H33N3O2/c1-17-12-19(25(32)24(13-17)31-29-22-10-8-9-11-23(22)30-31)14-18-15-20(27(2,3)4)26(33)21(16-18)28(5,6)7/h8-13,15-16,32-33H,14H2,1-7H3. The van der Waals surface area contributed by atoms with E-state index in [1.165, 1.54) is 4.80 Å². The molecule has 0 aliphatic rings. The molecule has 0 atom stereocenters. The smallest absolute Gasteiger partial charge is 0.146 e. The van der Waals surface area contributed by atoms with E-state index >= 15 is 0 Å². The highest BCUT2D eigenvalue weighted by Gasteiger charge is 2.27. The van der Waals surface area contributed by atoms with E-state index in [9.17, 15) is 10.2 Å². The summed E-state index contributed by atoms with van der Waals surface area (Å²) in [6.07, 6.45) is 0.535. The predicted molar refractivity (Wildman–Crippen MR) is 134 cm³/mol. The fourth-order valence-electron chi connectivity index (χ4n) is 4.25. The van der Waals surface area contributed by atoms with Crippen molar-refractivity contribution in [3.05, 3.63) is 76.3 Å². The van der Waals surface area contributed by atoms with Crippen LogP contribution in [-0.2, 0) is 17.3 Å². The van der Waals surface area contributed by atoms with E-state index in [0.717, 1.165) is 38.9 Å². The van der Waals surface area contributed by atoms with Crippen molar-refractivity contribution < 1.29 is 10.2 Å². The Balaban J connectivity index is 1.83. The van der Waals surface area contributed by atoms with Crippen LogP contribution >= 0.6 is 0 Å². The fourth-order valence-corrected chi connectivity index (χ4v) is 4.25. The van der Waals surface area contributed by atoms with Crippen LogP contribution in [-0.4, -0.2) is 25.2 Å². The summed E-state index contributed by atoms with van der Waals surface area (Å²) in [4.78, 5) is 1.51. The van der Waals surface area contributed by atoms with Crippen molar-refractivity contribution in [1.82, 2.24) is 15.0 Å². The van der Waals surface area contributed by atoms with Gasteiger partial charge < -0.3 is 10.2 Å². The number of nitrogens with zero attached hydrogens (tertiary/aromatic N) is 3. The first-order chi connectivity index (χ1) is 15.3. The largest absolute Gasteiger partial charge is 0.507 e. The number of rotatable bonds is 3. The average Bonchev–Trinajstić information content (AvgIpc) is 3.14. The van der Waals surface area contributed by atoms with E-state index in [4.69, 9.17) is 0 Å². The Hall–Kier alpha value is -3.34. The van der Waals surface area contributed by atoms with Crippen molar-refractivity contribution in [3.8, 4) is 17.2 Å². The van der Waals surface area contributed by atoms with Gasteiger partial charge in [-0.3, -0.25) is 0 Å². The van der Waals surface area contributed by atoms with E-state index < -0.39 is 0 Å². The lowest BCUT2D eigenvalue weighted by Crippen LogP contribution is -2.18. The summed E-state index contributed by atoms with van der Waals surface area (Å²) in [5, 5.41) is 31.4. The Labute approximate surface area is 195 Å². The third kappa shape index (κ3) is 4.45. The summed E-state index contributed by atoms with van der Waals surface area (Å²) in [6, 6.07) is 15.7. The molecule has 0 bridgehead atoms. The van der Waals surface area contributed by atoms with Crippen molar-refractivity contribution in [2.24, 2.45) is 0 Å². The summed E-state index contributed by atoms with van der Waals surface area (Å²) in [5.41, 5.74) is 6.40. The quantitative estimate of drug-likeness (QED) is 0.388. The Morgan fingerprint density at radius 3 is 1.76 bits per heavy atom. The average molecular weight is 444 g/mol. The minimum Gasteiger partial charge on any atom is -0.507 e. The molecule has 33 heavy (non-hydrogen) atoms. The molecular formula is C28H33N3O2. The van der Waals surface area contributed by atoms with Gasteiger partial charge in [0.1, 0.15) is 28.2 Å². The van der Waals surface area contributed by atoms with Crippen LogP contribution in [0, 0.1) is 6.92 Å². The summed E-state index contributed by atoms with van der Waals surface area (Å²) >= 11 is 0. The number of aromatic nitrogens is 3. The molecule has 1 aromatic heterocycles. The number of aryl methyl sites for hydroxylation is 1. The van der Waals surface area contributed by atoms with Gasteiger partial charge in [0.25, 0.3) is 0 Å². The van der Waals surface area contributed by atoms with Crippen LogP contribution in [0.5, 0.6) is 11.5 Å². The van der Waals surface area contributed by atoms with Crippen LogP contribution in [0.1, 0.15) is 69.4 Å². The lowest BCUT2D eigenvalue weighted by atomic mass is 9.78. The molecule has 0 unspecified atom stereocenters. The minimum absolute atomic E-state index is 0.170. The lowest BCUT2D eigenvalue weighted by molar-refractivity contribution is 0.422. The minimum atomic E-state index is -0.209. The number of hydrogen-bond acceptors (Lipinski definition) is 4. The first-order valence-electron chi connectivity index (χ1n) is 11.4. The first kappa shape index (κ1) is 22.8. The van der Waals surface area contributed by atoms with Crippen LogP contribution in [0.25, 0.3) is 16.7 Å². The van der Waals surface area contributed by atoms with Gasteiger partial charge >= 0.3 is 0 Å². The summed E-state index contributed by atoms with van der Waals surface area (Å²) in [6.45, 7) is 14.6. The van der Waals surface area contributed by atoms with Crippen molar-refractivity contribution in [2.75, 3.05) is 0 Å².